The molecule has 0 N–H and O–H groups in total. The van der Waals surface area contributed by atoms with Crippen LogP contribution in [-0.4, -0.2) is 22.0 Å². The Balaban J connectivity index is 1.24. The van der Waals surface area contributed by atoms with Crippen LogP contribution in [0, 0.1) is 5.82 Å². The average molecular weight is 421 g/mol. The molecule has 0 aliphatic carbocycles. The highest BCUT2D eigenvalue weighted by atomic mass is 19.1. The lowest BCUT2D eigenvalue weighted by molar-refractivity contribution is 0.201. The highest BCUT2D eigenvalue weighted by Gasteiger charge is 2.36. The smallest absolute Gasteiger partial charge is 0.131 e. The molecule has 2 aliphatic rings. The van der Waals surface area contributed by atoms with Gasteiger partial charge in [-0.3, -0.25) is 9.88 Å². The molecule has 0 amide bonds. The fraction of sp³-hybridized carbons (Fsp3) is 0.207. The Labute approximate surface area is 188 Å². The summed E-state index contributed by atoms with van der Waals surface area (Å²) in [6.45, 7) is 0.866. The van der Waals surface area contributed by atoms with Crippen molar-refractivity contribution in [2.75, 3.05) is 0 Å². The number of rotatable bonds is 4. The molecule has 3 heteroatoms. The first-order chi connectivity index (χ1) is 15.7. The molecule has 1 fully saturated rings. The van der Waals surface area contributed by atoms with Gasteiger partial charge < -0.3 is 0 Å². The largest absolute Gasteiger partial charge is 0.288 e. The molecule has 2 atom stereocenters. The van der Waals surface area contributed by atoms with Gasteiger partial charge in [-0.25, -0.2) is 4.39 Å². The summed E-state index contributed by atoms with van der Waals surface area (Å²) in [5.74, 6) is -0.148. The van der Waals surface area contributed by atoms with Gasteiger partial charge in [0.1, 0.15) is 5.82 Å². The van der Waals surface area contributed by atoms with Crippen LogP contribution in [0.2, 0.25) is 0 Å². The van der Waals surface area contributed by atoms with Gasteiger partial charge in [0, 0.05) is 29.6 Å². The lowest BCUT2D eigenvalue weighted by Gasteiger charge is -2.34. The van der Waals surface area contributed by atoms with Gasteiger partial charge >= 0.3 is 0 Å². The predicted molar refractivity (Wildman–Crippen MR) is 129 cm³/mol. The van der Waals surface area contributed by atoms with E-state index in [-0.39, 0.29) is 5.82 Å². The predicted octanol–water partition coefficient (Wildman–Crippen LogP) is 6.86. The molecule has 6 rings (SSSR count). The van der Waals surface area contributed by atoms with Crippen molar-refractivity contribution < 1.29 is 4.39 Å². The fourth-order valence-corrected chi connectivity index (χ4v) is 5.33. The molecule has 0 saturated carbocycles. The molecule has 2 unspecified atom stereocenters. The van der Waals surface area contributed by atoms with E-state index < -0.39 is 0 Å². The third-order valence-electron chi connectivity index (χ3n) is 6.97. The Morgan fingerprint density at radius 3 is 2.53 bits per heavy atom. The normalized spacial score (nSPS) is 20.5. The molecule has 2 aliphatic heterocycles. The van der Waals surface area contributed by atoms with Crippen molar-refractivity contribution in [1.29, 1.82) is 0 Å². The van der Waals surface area contributed by atoms with Crippen LogP contribution >= 0.6 is 0 Å². The van der Waals surface area contributed by atoms with Crippen molar-refractivity contribution in [3.8, 4) is 11.1 Å². The van der Waals surface area contributed by atoms with Gasteiger partial charge in [-0.1, -0.05) is 72.8 Å². The zero-order valence-electron chi connectivity index (χ0n) is 17.9. The van der Waals surface area contributed by atoms with Crippen LogP contribution in [0.3, 0.4) is 0 Å². The maximum atomic E-state index is 14.9. The number of halogens is 1. The van der Waals surface area contributed by atoms with Crippen LogP contribution in [0.15, 0.2) is 91.0 Å². The first-order valence-electron chi connectivity index (χ1n) is 11.4. The quantitative estimate of drug-likeness (QED) is 0.358. The van der Waals surface area contributed by atoms with Gasteiger partial charge in [0.15, 0.2) is 0 Å². The van der Waals surface area contributed by atoms with Gasteiger partial charge in [0.05, 0.1) is 11.2 Å². The van der Waals surface area contributed by atoms with Crippen molar-refractivity contribution in [3.63, 3.8) is 0 Å². The van der Waals surface area contributed by atoms with Gasteiger partial charge in [-0.05, 0) is 54.2 Å². The first kappa shape index (κ1) is 19.4. The van der Waals surface area contributed by atoms with E-state index in [2.05, 4.69) is 47.4 Å². The van der Waals surface area contributed by atoms with Crippen molar-refractivity contribution in [3.05, 3.63) is 108 Å². The summed E-state index contributed by atoms with van der Waals surface area (Å²) < 4.78 is 14.9. The Kier molecular flexibility index (Phi) is 4.84. The number of aromatic nitrogens is 1. The number of pyridine rings is 1. The third-order valence-corrected chi connectivity index (χ3v) is 6.97. The minimum atomic E-state index is -0.148. The summed E-state index contributed by atoms with van der Waals surface area (Å²) >= 11 is 0. The Morgan fingerprint density at radius 1 is 0.844 bits per heavy atom. The van der Waals surface area contributed by atoms with Crippen LogP contribution in [0.4, 0.5) is 4.39 Å². The standard InChI is InChI=1S/C29H25FN2/c30-28-18-22(11-15-27(28)20-6-2-1-3-7-20)23-16-25-13-14-26(17-23)32(25)19-24-12-10-21-8-4-5-9-29(21)31-24/h1-12,15-16,18,25-26H,13-14,17,19H2. The van der Waals surface area contributed by atoms with E-state index in [0.717, 1.165) is 41.7 Å². The minimum absolute atomic E-state index is 0.148. The summed E-state index contributed by atoms with van der Waals surface area (Å²) in [4.78, 5) is 7.46. The molecule has 1 aromatic heterocycles. The van der Waals surface area contributed by atoms with Gasteiger partial charge in [-0.2, -0.15) is 0 Å². The summed E-state index contributed by atoms with van der Waals surface area (Å²) in [6, 6.07) is 29.0. The van der Waals surface area contributed by atoms with Crippen molar-refractivity contribution >= 4 is 16.5 Å². The van der Waals surface area contributed by atoms with Crippen LogP contribution in [0.1, 0.15) is 30.5 Å². The molecule has 3 heterocycles. The van der Waals surface area contributed by atoms with E-state index in [1.54, 1.807) is 6.07 Å². The lowest BCUT2D eigenvalue weighted by Crippen LogP contribution is -2.37. The Morgan fingerprint density at radius 2 is 1.69 bits per heavy atom. The van der Waals surface area contributed by atoms with Crippen molar-refractivity contribution in [2.45, 2.75) is 37.9 Å². The molecule has 0 radical (unpaired) electrons. The fourth-order valence-electron chi connectivity index (χ4n) is 5.33. The number of para-hydroxylation sites is 1. The second kappa shape index (κ2) is 7.99. The molecule has 2 nitrogen and oxygen atoms in total. The van der Waals surface area contributed by atoms with E-state index in [0.29, 0.717) is 17.6 Å². The van der Waals surface area contributed by atoms with Crippen molar-refractivity contribution in [1.82, 2.24) is 9.88 Å². The first-order valence-corrected chi connectivity index (χ1v) is 11.4. The van der Waals surface area contributed by atoms with E-state index in [1.165, 1.54) is 17.4 Å². The van der Waals surface area contributed by atoms with Gasteiger partial charge in [0.2, 0.25) is 0 Å². The SMILES string of the molecule is Fc1cc(C2=CC3CCC(C2)N3Cc2ccc3ccccc3n2)ccc1-c1ccccc1. The molecule has 4 aromatic rings. The minimum Gasteiger partial charge on any atom is -0.288 e. The van der Waals surface area contributed by atoms with Crippen molar-refractivity contribution in [2.24, 2.45) is 0 Å². The van der Waals surface area contributed by atoms with Crippen LogP contribution in [0.25, 0.3) is 27.6 Å². The summed E-state index contributed by atoms with van der Waals surface area (Å²) in [5.41, 5.74) is 6.05. The van der Waals surface area contributed by atoms with Gasteiger partial charge in [-0.15, -0.1) is 0 Å². The van der Waals surface area contributed by atoms with E-state index >= 15 is 0 Å². The molecule has 32 heavy (non-hydrogen) atoms. The number of fused-ring (bicyclic) bond motifs is 3. The highest BCUT2D eigenvalue weighted by Crippen LogP contribution is 2.40. The molecule has 0 spiro atoms. The second-order valence-corrected chi connectivity index (χ2v) is 8.92. The summed E-state index contributed by atoms with van der Waals surface area (Å²) in [6.07, 6.45) is 5.67. The molecule has 1 saturated heterocycles. The van der Waals surface area contributed by atoms with E-state index in [4.69, 9.17) is 4.98 Å². The van der Waals surface area contributed by atoms with Crippen LogP contribution < -0.4 is 0 Å². The summed E-state index contributed by atoms with van der Waals surface area (Å²) in [7, 11) is 0. The Bertz CT molecular complexity index is 1310. The maximum absolute atomic E-state index is 14.9. The molecular formula is C29H25FN2. The van der Waals surface area contributed by atoms with E-state index in [1.807, 2.05) is 42.5 Å². The zero-order valence-corrected chi connectivity index (χ0v) is 17.9. The third kappa shape index (κ3) is 3.53. The zero-order chi connectivity index (χ0) is 21.5. The topological polar surface area (TPSA) is 16.1 Å². The number of benzene rings is 3. The highest BCUT2D eigenvalue weighted by molar-refractivity contribution is 5.78. The maximum Gasteiger partial charge on any atom is 0.131 e. The Hall–Kier alpha value is -3.30. The van der Waals surface area contributed by atoms with Gasteiger partial charge in [0.25, 0.3) is 0 Å². The average Bonchev–Trinajstić information content (AvgIpc) is 3.05. The lowest BCUT2D eigenvalue weighted by atomic mass is 9.93. The number of hydrogen-bond acceptors (Lipinski definition) is 2. The van der Waals surface area contributed by atoms with E-state index in [9.17, 15) is 4.39 Å². The second-order valence-electron chi connectivity index (χ2n) is 8.92. The number of nitrogens with zero attached hydrogens (tertiary/aromatic N) is 2. The monoisotopic (exact) mass is 420 g/mol. The number of hydrogen-bond donors (Lipinski definition) is 0. The summed E-state index contributed by atoms with van der Waals surface area (Å²) in [5, 5.41) is 1.18. The van der Waals surface area contributed by atoms with Crippen LogP contribution in [-0.2, 0) is 6.54 Å². The molecule has 2 bridgehead atoms. The molecule has 3 aromatic carbocycles. The van der Waals surface area contributed by atoms with Crippen LogP contribution in [0.5, 0.6) is 0 Å². The molecular weight excluding hydrogens is 395 g/mol. The molecule has 158 valence electrons.